The molecule has 8 nitrogen and oxygen atoms in total. The number of likely N-dealkylation sites (N-methyl/N-ethyl adjacent to an activating group) is 1. The monoisotopic (exact) mass is 350 g/mol. The van der Waals surface area contributed by atoms with Crippen LogP contribution in [0.5, 0.6) is 5.75 Å². The van der Waals surface area contributed by atoms with E-state index in [4.69, 9.17) is 9.84 Å². The Balaban J connectivity index is 2.93. The van der Waals surface area contributed by atoms with Crippen LogP contribution in [0.3, 0.4) is 0 Å². The van der Waals surface area contributed by atoms with E-state index in [1.807, 2.05) is 0 Å². The van der Waals surface area contributed by atoms with Crippen molar-refractivity contribution < 1.29 is 29.0 Å². The van der Waals surface area contributed by atoms with Gasteiger partial charge in [0.05, 0.1) is 6.04 Å². The Hall–Kier alpha value is -2.74. The molecule has 0 aliphatic rings. The first-order chi connectivity index (χ1) is 11.9. The number of carboxylic acids is 1. The van der Waals surface area contributed by atoms with E-state index in [2.05, 4.69) is 5.32 Å². The summed E-state index contributed by atoms with van der Waals surface area (Å²) in [6.07, 6.45) is 1.91. The quantitative estimate of drug-likeness (QED) is 0.558. The Kier molecular flexibility index (Phi) is 8.28. The summed E-state index contributed by atoms with van der Waals surface area (Å²) in [4.78, 5) is 46.4. The first-order valence-electron chi connectivity index (χ1n) is 7.70. The van der Waals surface area contributed by atoms with E-state index in [0.717, 1.165) is 6.29 Å². The first-order valence-corrected chi connectivity index (χ1v) is 7.70. The Morgan fingerprint density at radius 3 is 2.64 bits per heavy atom. The molecule has 0 aliphatic carbocycles. The lowest BCUT2D eigenvalue weighted by Crippen LogP contribution is -2.34. The van der Waals surface area contributed by atoms with Gasteiger partial charge < -0.3 is 20.0 Å². The minimum Gasteiger partial charge on any atom is -0.482 e. The second-order valence-electron chi connectivity index (χ2n) is 5.45. The van der Waals surface area contributed by atoms with E-state index in [-0.39, 0.29) is 24.6 Å². The summed E-state index contributed by atoms with van der Waals surface area (Å²) in [6, 6.07) is 4.22. The molecule has 1 aromatic carbocycles. The van der Waals surface area contributed by atoms with E-state index in [9.17, 15) is 19.2 Å². The lowest BCUT2D eigenvalue weighted by molar-refractivity contribution is -0.139. The number of rotatable bonds is 11. The number of ether oxygens (including phenoxy) is 1. The number of nitrogens with zero attached hydrogens (tertiary/aromatic N) is 1. The molecule has 8 heteroatoms. The maximum absolute atomic E-state index is 11.3. The summed E-state index contributed by atoms with van der Waals surface area (Å²) in [5.41, 5.74) is 0.846. The van der Waals surface area contributed by atoms with Gasteiger partial charge in [-0.1, -0.05) is 12.1 Å². The van der Waals surface area contributed by atoms with Crippen molar-refractivity contribution in [3.63, 3.8) is 0 Å². The fraction of sp³-hybridized carbons (Fsp3) is 0.412. The van der Waals surface area contributed by atoms with Crippen molar-refractivity contribution in [1.29, 1.82) is 0 Å². The normalized spacial score (nSPS) is 11.6. The molecule has 0 saturated carbocycles. The molecular formula is C17H22N2O6. The lowest BCUT2D eigenvalue weighted by atomic mass is 10.0. The number of aldehydes is 2. The van der Waals surface area contributed by atoms with Crippen LogP contribution in [0, 0.1) is 0 Å². The van der Waals surface area contributed by atoms with E-state index in [0.29, 0.717) is 23.8 Å². The largest absolute Gasteiger partial charge is 0.482 e. The van der Waals surface area contributed by atoms with Gasteiger partial charge in [-0.2, -0.15) is 0 Å². The number of benzene rings is 1. The molecular weight excluding hydrogens is 328 g/mol. The van der Waals surface area contributed by atoms with E-state index in [1.54, 1.807) is 30.1 Å². The van der Waals surface area contributed by atoms with Crippen molar-refractivity contribution in [1.82, 2.24) is 10.2 Å². The lowest BCUT2D eigenvalue weighted by Gasteiger charge is -2.25. The Morgan fingerprint density at radius 1 is 1.36 bits per heavy atom. The summed E-state index contributed by atoms with van der Waals surface area (Å²) in [5.74, 6) is -1.03. The van der Waals surface area contributed by atoms with Gasteiger partial charge in [-0.3, -0.25) is 14.5 Å². The van der Waals surface area contributed by atoms with Crippen LogP contribution in [0.4, 0.5) is 0 Å². The summed E-state index contributed by atoms with van der Waals surface area (Å²) in [7, 11) is 3.21. The number of nitrogens with one attached hydrogen (secondary N) is 1. The second-order valence-corrected chi connectivity index (χ2v) is 5.45. The number of carboxylic acid groups (broad SMARTS) is 1. The van der Waals surface area contributed by atoms with Crippen molar-refractivity contribution in [2.24, 2.45) is 0 Å². The molecule has 0 aromatic heterocycles. The summed E-state index contributed by atoms with van der Waals surface area (Å²) in [5, 5.41) is 11.2. The highest BCUT2D eigenvalue weighted by Gasteiger charge is 2.19. The standard InChI is InChI=1S/C17H22N2O6/c1-18-16(22)7-6-13(10-21)19(2)8-14-12(9-20)4-3-5-15(14)25-11-17(23)24/h3-5,9-10,13H,6-8,11H2,1-2H3,(H,18,22)(H,23,24). The molecule has 0 fully saturated rings. The van der Waals surface area contributed by atoms with E-state index >= 15 is 0 Å². The minimum absolute atomic E-state index is 0.168. The van der Waals surface area contributed by atoms with Crippen LogP contribution in [0.1, 0.15) is 28.8 Å². The Labute approximate surface area is 145 Å². The van der Waals surface area contributed by atoms with Gasteiger partial charge >= 0.3 is 5.97 Å². The maximum Gasteiger partial charge on any atom is 0.341 e. The van der Waals surface area contributed by atoms with Crippen LogP contribution >= 0.6 is 0 Å². The highest BCUT2D eigenvalue weighted by molar-refractivity contribution is 5.79. The van der Waals surface area contributed by atoms with Crippen LogP contribution in [-0.2, 0) is 20.9 Å². The van der Waals surface area contributed by atoms with Crippen molar-refractivity contribution in [2.75, 3.05) is 20.7 Å². The summed E-state index contributed by atoms with van der Waals surface area (Å²) >= 11 is 0. The zero-order chi connectivity index (χ0) is 18.8. The van der Waals surface area contributed by atoms with Crippen molar-refractivity contribution in [3.8, 4) is 5.75 Å². The highest BCUT2D eigenvalue weighted by atomic mass is 16.5. The molecule has 1 amide bonds. The van der Waals surface area contributed by atoms with Gasteiger partial charge in [0, 0.05) is 31.1 Å². The maximum atomic E-state index is 11.3. The molecule has 1 rings (SSSR count). The SMILES string of the molecule is CNC(=O)CCC(C=O)N(C)Cc1c(C=O)cccc1OCC(=O)O. The van der Waals surface area contributed by atoms with Gasteiger partial charge in [-0.05, 0) is 19.5 Å². The Bertz CT molecular complexity index is 632. The molecule has 1 aromatic rings. The smallest absolute Gasteiger partial charge is 0.341 e. The third-order valence-corrected chi connectivity index (χ3v) is 3.72. The molecule has 0 heterocycles. The molecule has 0 radical (unpaired) electrons. The fourth-order valence-corrected chi connectivity index (χ4v) is 2.30. The minimum atomic E-state index is -1.13. The van der Waals surface area contributed by atoms with Crippen LogP contribution in [0.2, 0.25) is 0 Å². The molecule has 0 spiro atoms. The van der Waals surface area contributed by atoms with Crippen LogP contribution < -0.4 is 10.1 Å². The number of carbonyl (C=O) groups excluding carboxylic acids is 3. The van der Waals surface area contributed by atoms with Crippen molar-refractivity contribution in [3.05, 3.63) is 29.3 Å². The summed E-state index contributed by atoms with van der Waals surface area (Å²) in [6.45, 7) is -0.339. The molecule has 0 aliphatic heterocycles. The van der Waals surface area contributed by atoms with Crippen LogP contribution in [0.15, 0.2) is 18.2 Å². The van der Waals surface area contributed by atoms with Gasteiger partial charge in [0.15, 0.2) is 12.9 Å². The van der Waals surface area contributed by atoms with Crippen LogP contribution in [-0.4, -0.2) is 61.2 Å². The third-order valence-electron chi connectivity index (χ3n) is 3.72. The van der Waals surface area contributed by atoms with Gasteiger partial charge in [-0.25, -0.2) is 4.79 Å². The highest BCUT2D eigenvalue weighted by Crippen LogP contribution is 2.24. The predicted octanol–water partition coefficient (Wildman–Crippen LogP) is 0.488. The summed E-state index contributed by atoms with van der Waals surface area (Å²) < 4.78 is 5.23. The van der Waals surface area contributed by atoms with Gasteiger partial charge in [0.1, 0.15) is 12.0 Å². The topological polar surface area (TPSA) is 113 Å². The molecule has 136 valence electrons. The number of hydrogen-bond donors (Lipinski definition) is 2. The molecule has 0 saturated heterocycles. The molecule has 1 unspecified atom stereocenters. The average molecular weight is 350 g/mol. The van der Waals surface area contributed by atoms with E-state index < -0.39 is 18.6 Å². The fourth-order valence-electron chi connectivity index (χ4n) is 2.30. The number of aliphatic carboxylic acids is 1. The second kappa shape index (κ2) is 10.2. The number of hydrogen-bond acceptors (Lipinski definition) is 6. The molecule has 1 atom stereocenters. The molecule has 0 bridgehead atoms. The van der Waals surface area contributed by atoms with Crippen molar-refractivity contribution in [2.45, 2.75) is 25.4 Å². The molecule has 25 heavy (non-hydrogen) atoms. The van der Waals surface area contributed by atoms with Gasteiger partial charge in [0.2, 0.25) is 5.91 Å². The molecule has 2 N–H and O–H groups in total. The number of carbonyl (C=O) groups is 4. The third kappa shape index (κ3) is 6.34. The zero-order valence-electron chi connectivity index (χ0n) is 14.2. The Morgan fingerprint density at radius 2 is 2.08 bits per heavy atom. The van der Waals surface area contributed by atoms with Gasteiger partial charge in [0.25, 0.3) is 0 Å². The zero-order valence-corrected chi connectivity index (χ0v) is 14.2. The first kappa shape index (κ1) is 20.3. The number of amides is 1. The average Bonchev–Trinajstić information content (AvgIpc) is 2.60. The predicted molar refractivity (Wildman–Crippen MR) is 89.6 cm³/mol. The van der Waals surface area contributed by atoms with Gasteiger partial charge in [-0.15, -0.1) is 0 Å². The van der Waals surface area contributed by atoms with Crippen molar-refractivity contribution >= 4 is 24.4 Å². The van der Waals surface area contributed by atoms with E-state index in [1.165, 1.54) is 7.05 Å². The van der Waals surface area contributed by atoms with Crippen LogP contribution in [0.25, 0.3) is 0 Å².